The molecule has 0 aliphatic carbocycles. The number of likely N-dealkylation sites (N-methyl/N-ethyl adjacent to an activating group) is 1. The first-order valence-corrected chi connectivity index (χ1v) is 7.14. The van der Waals surface area contributed by atoms with E-state index in [0.29, 0.717) is 18.5 Å². The molecule has 0 heterocycles. The van der Waals surface area contributed by atoms with Crippen LogP contribution in [0.1, 0.15) is 25.5 Å². The average molecular weight is 280 g/mol. The molecule has 0 fully saturated rings. The van der Waals surface area contributed by atoms with Crippen LogP contribution in [0.2, 0.25) is 0 Å². The number of nitrogens with zero attached hydrogens (tertiary/aromatic N) is 1. The number of benzene rings is 1. The van der Waals surface area contributed by atoms with E-state index in [1.807, 2.05) is 24.3 Å². The smallest absolute Gasteiger partial charge is 0.118 e. The van der Waals surface area contributed by atoms with Gasteiger partial charge in [-0.2, -0.15) is 0 Å². The maximum atomic E-state index is 10.2. The molecule has 114 valence electrons. The highest BCUT2D eigenvalue weighted by Gasteiger charge is 2.16. The van der Waals surface area contributed by atoms with Crippen molar-refractivity contribution in [3.63, 3.8) is 0 Å². The minimum atomic E-state index is -0.496. The van der Waals surface area contributed by atoms with E-state index in [9.17, 15) is 5.11 Å². The lowest BCUT2D eigenvalue weighted by Crippen LogP contribution is -2.43. The third-order valence-electron chi connectivity index (χ3n) is 3.44. The van der Waals surface area contributed by atoms with Crippen LogP contribution in [0.5, 0.6) is 5.75 Å². The number of hydrogen-bond acceptors (Lipinski definition) is 4. The lowest BCUT2D eigenvalue weighted by molar-refractivity contribution is 0.160. The maximum absolute atomic E-state index is 10.2. The molecule has 0 radical (unpaired) electrons. The molecular weight excluding hydrogens is 252 g/mol. The minimum Gasteiger partial charge on any atom is -0.497 e. The summed E-state index contributed by atoms with van der Waals surface area (Å²) in [5, 5.41) is 13.7. The summed E-state index contributed by atoms with van der Waals surface area (Å²) in [5.74, 6) is 1.34. The van der Waals surface area contributed by atoms with Gasteiger partial charge in [0, 0.05) is 19.1 Å². The lowest BCUT2D eigenvalue weighted by Gasteiger charge is -2.27. The highest BCUT2D eigenvalue weighted by molar-refractivity contribution is 5.28. The molecule has 1 aromatic carbocycles. The van der Waals surface area contributed by atoms with Crippen LogP contribution in [-0.2, 0) is 0 Å². The third kappa shape index (κ3) is 5.49. The quantitative estimate of drug-likeness (QED) is 0.763. The number of hydrogen-bond donors (Lipinski definition) is 2. The molecule has 4 nitrogen and oxygen atoms in total. The SMILES string of the molecule is COc1ccc(C(O)CNC(CN(C)C)C(C)C)cc1. The van der Waals surface area contributed by atoms with Gasteiger partial charge in [-0.1, -0.05) is 26.0 Å². The van der Waals surface area contributed by atoms with Crippen molar-refractivity contribution in [3.8, 4) is 5.75 Å². The molecule has 2 atom stereocenters. The Bertz CT molecular complexity index is 377. The van der Waals surface area contributed by atoms with Crippen molar-refractivity contribution in [3.05, 3.63) is 29.8 Å². The van der Waals surface area contributed by atoms with Crippen molar-refractivity contribution in [2.45, 2.75) is 26.0 Å². The predicted molar refractivity (Wildman–Crippen MR) is 83.1 cm³/mol. The number of methoxy groups -OCH3 is 1. The van der Waals surface area contributed by atoms with Crippen molar-refractivity contribution in [2.75, 3.05) is 34.3 Å². The van der Waals surface area contributed by atoms with E-state index < -0.39 is 6.10 Å². The van der Waals surface area contributed by atoms with Gasteiger partial charge in [-0.15, -0.1) is 0 Å². The monoisotopic (exact) mass is 280 g/mol. The third-order valence-corrected chi connectivity index (χ3v) is 3.44. The number of aliphatic hydroxyl groups is 1. The van der Waals surface area contributed by atoms with Gasteiger partial charge in [-0.25, -0.2) is 0 Å². The Morgan fingerprint density at radius 3 is 2.25 bits per heavy atom. The highest BCUT2D eigenvalue weighted by atomic mass is 16.5. The van der Waals surface area contributed by atoms with Gasteiger partial charge >= 0.3 is 0 Å². The summed E-state index contributed by atoms with van der Waals surface area (Å²) in [6.45, 7) is 5.91. The summed E-state index contributed by atoms with van der Waals surface area (Å²) < 4.78 is 5.12. The van der Waals surface area contributed by atoms with Crippen LogP contribution in [0.3, 0.4) is 0 Å². The van der Waals surface area contributed by atoms with E-state index >= 15 is 0 Å². The van der Waals surface area contributed by atoms with Gasteiger partial charge in [0.05, 0.1) is 13.2 Å². The van der Waals surface area contributed by atoms with E-state index in [4.69, 9.17) is 4.74 Å². The first-order chi connectivity index (χ1) is 9.43. The second kappa shape index (κ2) is 8.25. The summed E-state index contributed by atoms with van der Waals surface area (Å²) in [5.41, 5.74) is 0.908. The molecule has 20 heavy (non-hydrogen) atoms. The Labute approximate surface area is 122 Å². The van der Waals surface area contributed by atoms with Crippen molar-refractivity contribution in [1.82, 2.24) is 10.2 Å². The van der Waals surface area contributed by atoms with Crippen molar-refractivity contribution < 1.29 is 9.84 Å². The Morgan fingerprint density at radius 1 is 1.20 bits per heavy atom. The standard InChI is InChI=1S/C16H28N2O2/c1-12(2)15(11-18(3)4)17-10-16(19)13-6-8-14(20-5)9-7-13/h6-9,12,15-17,19H,10-11H2,1-5H3. The predicted octanol–water partition coefficient (Wildman–Crippen LogP) is 1.90. The Hall–Kier alpha value is -1.10. The second-order valence-corrected chi connectivity index (χ2v) is 5.81. The van der Waals surface area contributed by atoms with Gasteiger partial charge in [0.1, 0.15) is 5.75 Å². The average Bonchev–Trinajstić information content (AvgIpc) is 2.42. The molecule has 1 rings (SSSR count). The number of aliphatic hydroxyl groups excluding tert-OH is 1. The van der Waals surface area contributed by atoms with E-state index in [1.165, 1.54) is 0 Å². The van der Waals surface area contributed by atoms with Gasteiger partial charge in [-0.3, -0.25) is 0 Å². The van der Waals surface area contributed by atoms with Gasteiger partial charge in [0.25, 0.3) is 0 Å². The van der Waals surface area contributed by atoms with Crippen LogP contribution in [-0.4, -0.2) is 50.3 Å². The van der Waals surface area contributed by atoms with Crippen LogP contribution in [0.15, 0.2) is 24.3 Å². The van der Waals surface area contributed by atoms with E-state index in [-0.39, 0.29) is 0 Å². The molecule has 2 N–H and O–H groups in total. The lowest BCUT2D eigenvalue weighted by atomic mass is 10.0. The molecule has 1 aromatic rings. The molecule has 0 aliphatic rings. The summed E-state index contributed by atoms with van der Waals surface area (Å²) in [4.78, 5) is 2.16. The van der Waals surface area contributed by atoms with Crippen LogP contribution in [0.25, 0.3) is 0 Å². The molecule has 0 saturated carbocycles. The number of nitrogens with one attached hydrogen (secondary N) is 1. The number of rotatable bonds is 8. The molecule has 0 spiro atoms. The molecule has 0 aromatic heterocycles. The maximum Gasteiger partial charge on any atom is 0.118 e. The van der Waals surface area contributed by atoms with Crippen molar-refractivity contribution in [1.29, 1.82) is 0 Å². The largest absolute Gasteiger partial charge is 0.497 e. The molecule has 2 unspecified atom stereocenters. The number of ether oxygens (including phenoxy) is 1. The topological polar surface area (TPSA) is 44.7 Å². The Kier molecular flexibility index (Phi) is 6.99. The summed E-state index contributed by atoms with van der Waals surface area (Å²) in [6, 6.07) is 7.93. The van der Waals surface area contributed by atoms with Gasteiger partial charge < -0.3 is 20.1 Å². The highest BCUT2D eigenvalue weighted by Crippen LogP contribution is 2.17. The van der Waals surface area contributed by atoms with Crippen LogP contribution >= 0.6 is 0 Å². The van der Waals surface area contributed by atoms with Gasteiger partial charge in [0.2, 0.25) is 0 Å². The fraction of sp³-hybridized carbons (Fsp3) is 0.625. The van der Waals surface area contributed by atoms with Crippen LogP contribution < -0.4 is 10.1 Å². The zero-order valence-corrected chi connectivity index (χ0v) is 13.3. The van der Waals surface area contributed by atoms with E-state index in [1.54, 1.807) is 7.11 Å². The fourth-order valence-corrected chi connectivity index (χ4v) is 2.11. The van der Waals surface area contributed by atoms with Gasteiger partial charge in [0.15, 0.2) is 0 Å². The fourth-order valence-electron chi connectivity index (χ4n) is 2.11. The second-order valence-electron chi connectivity index (χ2n) is 5.81. The first kappa shape index (κ1) is 17.0. The van der Waals surface area contributed by atoms with Crippen LogP contribution in [0, 0.1) is 5.92 Å². The molecule has 0 bridgehead atoms. The van der Waals surface area contributed by atoms with E-state index in [2.05, 4.69) is 38.2 Å². The summed E-state index contributed by atoms with van der Waals surface area (Å²) in [7, 11) is 5.77. The molecular formula is C16H28N2O2. The normalized spacial score (nSPS) is 14.6. The molecule has 4 heteroatoms. The molecule has 0 aliphatic heterocycles. The zero-order valence-electron chi connectivity index (χ0n) is 13.3. The Balaban J connectivity index is 2.53. The van der Waals surface area contributed by atoms with Gasteiger partial charge in [-0.05, 0) is 37.7 Å². The summed E-state index contributed by atoms with van der Waals surface area (Å²) >= 11 is 0. The summed E-state index contributed by atoms with van der Waals surface area (Å²) in [6.07, 6.45) is -0.496. The minimum absolute atomic E-state index is 0.373. The first-order valence-electron chi connectivity index (χ1n) is 7.14. The van der Waals surface area contributed by atoms with Crippen LogP contribution in [0.4, 0.5) is 0 Å². The van der Waals surface area contributed by atoms with E-state index in [0.717, 1.165) is 17.9 Å². The van der Waals surface area contributed by atoms with Crippen molar-refractivity contribution in [2.24, 2.45) is 5.92 Å². The van der Waals surface area contributed by atoms with Crippen molar-refractivity contribution >= 4 is 0 Å². The zero-order chi connectivity index (χ0) is 15.1. The molecule has 0 saturated heterocycles. The Morgan fingerprint density at radius 2 is 1.80 bits per heavy atom. The molecule has 0 amide bonds.